The van der Waals surface area contributed by atoms with Crippen molar-refractivity contribution in [1.82, 2.24) is 0 Å². The third-order valence-corrected chi connectivity index (χ3v) is 3.90. The van der Waals surface area contributed by atoms with E-state index < -0.39 is 0 Å². The Labute approximate surface area is 97.5 Å². The Morgan fingerprint density at radius 3 is 2.75 bits per heavy atom. The molecule has 2 aliphatic rings. The number of hydrogen-bond acceptors (Lipinski definition) is 3. The second-order valence-corrected chi connectivity index (χ2v) is 5.85. The van der Waals surface area contributed by atoms with Crippen LogP contribution in [0.2, 0.25) is 0 Å². The van der Waals surface area contributed by atoms with Crippen molar-refractivity contribution in [2.24, 2.45) is 11.3 Å². The molecule has 0 spiro atoms. The van der Waals surface area contributed by atoms with Gasteiger partial charge in [-0.15, -0.1) is 0 Å². The fourth-order valence-corrected chi connectivity index (χ4v) is 2.10. The van der Waals surface area contributed by atoms with Gasteiger partial charge in [-0.05, 0) is 31.1 Å². The van der Waals surface area contributed by atoms with Gasteiger partial charge in [-0.2, -0.15) is 0 Å². The van der Waals surface area contributed by atoms with Crippen LogP contribution in [0.25, 0.3) is 0 Å². The maximum absolute atomic E-state index is 11.8. The van der Waals surface area contributed by atoms with Gasteiger partial charge in [0.25, 0.3) is 0 Å². The summed E-state index contributed by atoms with van der Waals surface area (Å²) in [7, 11) is 0. The van der Waals surface area contributed by atoms with Crippen molar-refractivity contribution in [3.05, 3.63) is 0 Å². The highest BCUT2D eigenvalue weighted by Gasteiger charge is 2.46. The lowest BCUT2D eigenvalue weighted by atomic mass is 9.89. The Kier molecular flexibility index (Phi) is 3.24. The molecule has 3 unspecified atom stereocenters. The van der Waals surface area contributed by atoms with Crippen LogP contribution in [0.1, 0.15) is 46.5 Å². The first-order valence-corrected chi connectivity index (χ1v) is 6.34. The Bertz CT molecular complexity index is 272. The van der Waals surface area contributed by atoms with E-state index in [4.69, 9.17) is 9.47 Å². The average molecular weight is 226 g/mol. The molecule has 2 rings (SSSR count). The highest BCUT2D eigenvalue weighted by molar-refractivity contribution is 5.72. The van der Waals surface area contributed by atoms with Crippen molar-refractivity contribution in [3.63, 3.8) is 0 Å². The van der Waals surface area contributed by atoms with Crippen LogP contribution in [0.15, 0.2) is 0 Å². The van der Waals surface area contributed by atoms with Gasteiger partial charge in [-0.3, -0.25) is 4.79 Å². The molecule has 1 heterocycles. The van der Waals surface area contributed by atoms with Gasteiger partial charge in [0.05, 0.1) is 24.7 Å². The molecule has 3 nitrogen and oxygen atoms in total. The van der Waals surface area contributed by atoms with Gasteiger partial charge in [-0.1, -0.05) is 20.8 Å². The summed E-state index contributed by atoms with van der Waals surface area (Å²) in [5, 5.41) is 0. The largest absolute Gasteiger partial charge is 0.465 e. The number of ether oxygens (including phenoxy) is 2. The van der Waals surface area contributed by atoms with E-state index in [9.17, 15) is 4.79 Å². The fourth-order valence-electron chi connectivity index (χ4n) is 2.10. The van der Waals surface area contributed by atoms with Crippen LogP contribution in [-0.2, 0) is 14.3 Å². The maximum Gasteiger partial charge on any atom is 0.309 e. The Hall–Kier alpha value is -0.570. The fraction of sp³-hybridized carbons (Fsp3) is 0.923. The van der Waals surface area contributed by atoms with E-state index in [0.29, 0.717) is 18.8 Å². The summed E-state index contributed by atoms with van der Waals surface area (Å²) in [5.41, 5.74) is 0.100. The van der Waals surface area contributed by atoms with Crippen molar-refractivity contribution in [3.8, 4) is 0 Å². The molecule has 1 aliphatic carbocycles. The molecule has 2 fully saturated rings. The summed E-state index contributed by atoms with van der Waals surface area (Å²) in [6, 6.07) is 0. The van der Waals surface area contributed by atoms with Crippen LogP contribution in [0.3, 0.4) is 0 Å². The van der Waals surface area contributed by atoms with E-state index in [1.54, 1.807) is 0 Å². The monoisotopic (exact) mass is 226 g/mol. The molecule has 1 aliphatic heterocycles. The van der Waals surface area contributed by atoms with Crippen molar-refractivity contribution >= 4 is 5.97 Å². The van der Waals surface area contributed by atoms with Gasteiger partial charge in [0.15, 0.2) is 0 Å². The number of esters is 1. The third-order valence-electron chi connectivity index (χ3n) is 3.90. The van der Waals surface area contributed by atoms with Crippen LogP contribution in [-0.4, -0.2) is 24.8 Å². The molecule has 0 aromatic rings. The van der Waals surface area contributed by atoms with E-state index in [-0.39, 0.29) is 17.3 Å². The molecule has 0 N–H and O–H groups in total. The minimum absolute atomic E-state index is 0.0181. The number of carbonyl (C=O) groups excluding carboxylic acids is 1. The van der Waals surface area contributed by atoms with Crippen LogP contribution < -0.4 is 0 Å². The van der Waals surface area contributed by atoms with Crippen molar-refractivity contribution < 1.29 is 14.3 Å². The molecular formula is C13H22O3. The first-order chi connectivity index (χ1) is 7.52. The second-order valence-electron chi connectivity index (χ2n) is 5.85. The molecule has 0 bridgehead atoms. The maximum atomic E-state index is 11.8. The summed E-state index contributed by atoms with van der Waals surface area (Å²) in [4.78, 5) is 11.8. The zero-order valence-corrected chi connectivity index (χ0v) is 10.5. The highest BCUT2D eigenvalue weighted by Crippen LogP contribution is 2.39. The molecule has 92 valence electrons. The number of carbonyl (C=O) groups is 1. The first-order valence-electron chi connectivity index (χ1n) is 6.34. The van der Waals surface area contributed by atoms with E-state index in [1.807, 2.05) is 0 Å². The third kappa shape index (κ3) is 2.76. The van der Waals surface area contributed by atoms with Crippen molar-refractivity contribution in [2.75, 3.05) is 6.61 Å². The average Bonchev–Trinajstić information content (AvgIpc) is 3.04. The first kappa shape index (κ1) is 11.9. The molecule has 0 radical (unpaired) electrons. The van der Waals surface area contributed by atoms with Gasteiger partial charge in [0.2, 0.25) is 0 Å². The van der Waals surface area contributed by atoms with Crippen LogP contribution >= 0.6 is 0 Å². The molecule has 16 heavy (non-hydrogen) atoms. The predicted molar refractivity (Wildman–Crippen MR) is 61.0 cm³/mol. The number of fused-ring (bicyclic) bond motifs is 1. The smallest absolute Gasteiger partial charge is 0.309 e. The number of hydrogen-bond donors (Lipinski definition) is 0. The van der Waals surface area contributed by atoms with Crippen molar-refractivity contribution in [1.29, 1.82) is 0 Å². The lowest BCUT2D eigenvalue weighted by molar-refractivity contribution is -0.152. The molecule has 1 saturated carbocycles. The molecule has 0 amide bonds. The molecule has 3 heteroatoms. The lowest BCUT2D eigenvalue weighted by Gasteiger charge is -2.24. The van der Waals surface area contributed by atoms with Crippen LogP contribution in [0, 0.1) is 11.3 Å². The molecule has 1 saturated heterocycles. The van der Waals surface area contributed by atoms with Gasteiger partial charge in [-0.25, -0.2) is 0 Å². The van der Waals surface area contributed by atoms with Crippen LogP contribution in [0.4, 0.5) is 0 Å². The number of epoxide rings is 1. The Morgan fingerprint density at radius 1 is 1.38 bits per heavy atom. The SMILES string of the molecule is CCC(C)(C)COC(=O)C1CCC2OC2C1. The Morgan fingerprint density at radius 2 is 2.12 bits per heavy atom. The molecular weight excluding hydrogens is 204 g/mol. The van der Waals surface area contributed by atoms with Gasteiger partial charge >= 0.3 is 5.97 Å². The van der Waals surface area contributed by atoms with E-state index in [0.717, 1.165) is 25.7 Å². The summed E-state index contributed by atoms with van der Waals surface area (Å²) in [6.07, 6.45) is 4.67. The predicted octanol–water partition coefficient (Wildman–Crippen LogP) is 2.53. The van der Waals surface area contributed by atoms with E-state index in [1.165, 1.54) is 0 Å². The highest BCUT2D eigenvalue weighted by atomic mass is 16.6. The van der Waals surface area contributed by atoms with Crippen LogP contribution in [0.5, 0.6) is 0 Å². The second kappa shape index (κ2) is 4.36. The lowest BCUT2D eigenvalue weighted by Crippen LogP contribution is -2.28. The summed E-state index contributed by atoms with van der Waals surface area (Å²) >= 11 is 0. The normalized spacial score (nSPS) is 33.1. The van der Waals surface area contributed by atoms with Gasteiger partial charge in [0.1, 0.15) is 0 Å². The van der Waals surface area contributed by atoms with E-state index >= 15 is 0 Å². The topological polar surface area (TPSA) is 38.8 Å². The zero-order chi connectivity index (χ0) is 11.8. The molecule has 3 atom stereocenters. The summed E-state index contributed by atoms with van der Waals surface area (Å²) in [6.45, 7) is 6.91. The number of rotatable bonds is 4. The van der Waals surface area contributed by atoms with Gasteiger partial charge in [0, 0.05) is 0 Å². The summed E-state index contributed by atoms with van der Waals surface area (Å²) in [5.74, 6) is 0.0619. The standard InChI is InChI=1S/C13H22O3/c1-4-13(2,3)8-15-12(14)9-5-6-10-11(7-9)16-10/h9-11H,4-8H2,1-3H3. The molecule has 0 aromatic carbocycles. The zero-order valence-electron chi connectivity index (χ0n) is 10.5. The molecule has 0 aromatic heterocycles. The quantitative estimate of drug-likeness (QED) is 0.546. The van der Waals surface area contributed by atoms with Gasteiger partial charge < -0.3 is 9.47 Å². The summed E-state index contributed by atoms with van der Waals surface area (Å²) < 4.78 is 10.8. The van der Waals surface area contributed by atoms with Crippen molar-refractivity contribution in [2.45, 2.75) is 58.7 Å². The minimum Gasteiger partial charge on any atom is -0.465 e. The minimum atomic E-state index is -0.0181. The van der Waals surface area contributed by atoms with E-state index in [2.05, 4.69) is 20.8 Å². The Balaban J connectivity index is 1.75.